The smallest absolute Gasteiger partial charge is 0.236 e. The second-order valence-corrected chi connectivity index (χ2v) is 4.58. The van der Waals surface area contributed by atoms with Crippen molar-refractivity contribution < 1.29 is 4.79 Å². The van der Waals surface area contributed by atoms with Crippen molar-refractivity contribution in [2.24, 2.45) is 0 Å². The summed E-state index contributed by atoms with van der Waals surface area (Å²) in [5.41, 5.74) is 0. The molecule has 96 valence electrons. The minimum atomic E-state index is 0.188. The summed E-state index contributed by atoms with van der Waals surface area (Å²) in [5, 5.41) is 3.23. The second-order valence-electron chi connectivity index (χ2n) is 4.58. The SMILES string of the molecule is C#CCC(CC)NCC(=O)N1CCN(C)CC1. The summed E-state index contributed by atoms with van der Waals surface area (Å²) in [6, 6.07) is 0.261. The number of amides is 1. The van der Waals surface area contributed by atoms with Crippen LogP contribution in [0.5, 0.6) is 0 Å². The van der Waals surface area contributed by atoms with Crippen molar-refractivity contribution in [3.05, 3.63) is 0 Å². The highest BCUT2D eigenvalue weighted by molar-refractivity contribution is 5.78. The van der Waals surface area contributed by atoms with Crippen LogP contribution in [0.2, 0.25) is 0 Å². The van der Waals surface area contributed by atoms with E-state index in [0.29, 0.717) is 13.0 Å². The zero-order valence-corrected chi connectivity index (χ0v) is 10.9. The van der Waals surface area contributed by atoms with Crippen molar-refractivity contribution in [3.8, 4) is 12.3 Å². The maximum Gasteiger partial charge on any atom is 0.236 e. The van der Waals surface area contributed by atoms with Crippen LogP contribution in [0.15, 0.2) is 0 Å². The molecule has 4 nitrogen and oxygen atoms in total. The van der Waals surface area contributed by atoms with Gasteiger partial charge >= 0.3 is 0 Å². The van der Waals surface area contributed by atoms with Crippen molar-refractivity contribution in [1.29, 1.82) is 0 Å². The molecule has 0 aliphatic carbocycles. The number of hydrogen-bond donors (Lipinski definition) is 1. The Bertz CT molecular complexity index is 277. The summed E-state index contributed by atoms with van der Waals surface area (Å²) >= 11 is 0. The average molecular weight is 237 g/mol. The first-order valence-corrected chi connectivity index (χ1v) is 6.30. The van der Waals surface area contributed by atoms with Crippen LogP contribution >= 0.6 is 0 Å². The topological polar surface area (TPSA) is 35.6 Å². The number of rotatable bonds is 5. The molecule has 0 aromatic heterocycles. The molecule has 1 N–H and O–H groups in total. The van der Waals surface area contributed by atoms with Gasteiger partial charge < -0.3 is 15.1 Å². The summed E-state index contributed by atoms with van der Waals surface area (Å²) in [7, 11) is 2.08. The molecule has 1 aliphatic heterocycles. The van der Waals surface area contributed by atoms with E-state index in [0.717, 1.165) is 32.6 Å². The van der Waals surface area contributed by atoms with Crippen LogP contribution in [0.25, 0.3) is 0 Å². The van der Waals surface area contributed by atoms with Gasteiger partial charge in [-0.15, -0.1) is 12.3 Å². The summed E-state index contributed by atoms with van der Waals surface area (Å²) in [6.45, 7) is 6.09. The van der Waals surface area contributed by atoms with E-state index in [1.54, 1.807) is 0 Å². The fraction of sp³-hybridized carbons (Fsp3) is 0.769. The third-order valence-corrected chi connectivity index (χ3v) is 3.25. The van der Waals surface area contributed by atoms with Crippen LogP contribution in [0.1, 0.15) is 19.8 Å². The van der Waals surface area contributed by atoms with Gasteiger partial charge in [0.1, 0.15) is 0 Å². The van der Waals surface area contributed by atoms with Gasteiger partial charge in [0.05, 0.1) is 6.54 Å². The Hall–Kier alpha value is -1.05. The fourth-order valence-electron chi connectivity index (χ4n) is 1.90. The Balaban J connectivity index is 2.27. The van der Waals surface area contributed by atoms with Gasteiger partial charge in [-0.3, -0.25) is 4.79 Å². The molecule has 1 unspecified atom stereocenters. The Morgan fingerprint density at radius 3 is 2.59 bits per heavy atom. The van der Waals surface area contributed by atoms with Gasteiger partial charge in [0.15, 0.2) is 0 Å². The minimum Gasteiger partial charge on any atom is -0.339 e. The molecule has 0 spiro atoms. The van der Waals surface area contributed by atoms with Crippen molar-refractivity contribution in [2.75, 3.05) is 39.8 Å². The summed E-state index contributed by atoms with van der Waals surface area (Å²) in [4.78, 5) is 16.1. The fourth-order valence-corrected chi connectivity index (χ4v) is 1.90. The van der Waals surface area contributed by atoms with Crippen LogP contribution in [0.4, 0.5) is 0 Å². The predicted octanol–water partition coefficient (Wildman–Crippen LogP) is 0.152. The molecule has 1 atom stereocenters. The normalized spacial score (nSPS) is 18.8. The quantitative estimate of drug-likeness (QED) is 0.692. The molecule has 1 fully saturated rings. The molecule has 1 saturated heterocycles. The molecule has 0 bridgehead atoms. The van der Waals surface area contributed by atoms with Crippen molar-refractivity contribution >= 4 is 5.91 Å². The largest absolute Gasteiger partial charge is 0.339 e. The first kappa shape index (κ1) is 14.0. The van der Waals surface area contributed by atoms with Gasteiger partial charge in [0.25, 0.3) is 0 Å². The lowest BCUT2D eigenvalue weighted by molar-refractivity contribution is -0.131. The van der Waals surface area contributed by atoms with Crippen molar-refractivity contribution in [1.82, 2.24) is 15.1 Å². The highest BCUT2D eigenvalue weighted by atomic mass is 16.2. The lowest BCUT2D eigenvalue weighted by Gasteiger charge is -2.32. The number of nitrogens with zero attached hydrogens (tertiary/aromatic N) is 2. The molecule has 1 rings (SSSR count). The molecule has 0 radical (unpaired) electrons. The molecule has 1 heterocycles. The summed E-state index contributed by atoms with van der Waals surface area (Å²) in [5.74, 6) is 2.82. The van der Waals surface area contributed by atoms with E-state index < -0.39 is 0 Å². The Labute approximate surface area is 104 Å². The third kappa shape index (κ3) is 4.76. The van der Waals surface area contributed by atoms with Gasteiger partial charge in [0.2, 0.25) is 5.91 Å². The molecular weight excluding hydrogens is 214 g/mol. The van der Waals surface area contributed by atoms with Crippen LogP contribution in [-0.4, -0.2) is 61.5 Å². The minimum absolute atomic E-state index is 0.188. The number of carbonyl (C=O) groups is 1. The molecular formula is C13H23N3O. The lowest BCUT2D eigenvalue weighted by Crippen LogP contribution is -2.50. The van der Waals surface area contributed by atoms with Gasteiger partial charge in [-0.05, 0) is 13.5 Å². The van der Waals surface area contributed by atoms with E-state index >= 15 is 0 Å². The average Bonchev–Trinajstić information content (AvgIpc) is 2.35. The first-order chi connectivity index (χ1) is 8.17. The van der Waals surface area contributed by atoms with E-state index in [-0.39, 0.29) is 11.9 Å². The third-order valence-electron chi connectivity index (χ3n) is 3.25. The Kier molecular flexibility index (Phi) is 6.03. The molecule has 1 aliphatic rings. The number of carbonyl (C=O) groups excluding carboxylic acids is 1. The van der Waals surface area contributed by atoms with E-state index in [2.05, 4.69) is 30.1 Å². The molecule has 0 aromatic rings. The van der Waals surface area contributed by atoms with Gasteiger partial charge in [-0.1, -0.05) is 6.92 Å². The maximum atomic E-state index is 11.9. The highest BCUT2D eigenvalue weighted by Gasteiger charge is 2.19. The zero-order valence-electron chi connectivity index (χ0n) is 10.9. The standard InChI is InChI=1S/C13H23N3O/c1-4-6-12(5-2)14-11-13(17)16-9-7-15(3)8-10-16/h1,12,14H,5-11H2,2-3H3. The molecule has 0 aromatic carbocycles. The number of piperazine rings is 1. The molecule has 0 saturated carbocycles. The van der Waals surface area contributed by atoms with Crippen molar-refractivity contribution in [3.63, 3.8) is 0 Å². The second kappa shape index (κ2) is 7.31. The predicted molar refractivity (Wildman–Crippen MR) is 69.6 cm³/mol. The van der Waals surface area contributed by atoms with E-state index in [4.69, 9.17) is 6.42 Å². The zero-order chi connectivity index (χ0) is 12.7. The monoisotopic (exact) mass is 237 g/mol. The van der Waals surface area contributed by atoms with Crippen LogP contribution in [0.3, 0.4) is 0 Å². The summed E-state index contributed by atoms with van der Waals surface area (Å²) in [6.07, 6.45) is 6.92. The number of hydrogen-bond acceptors (Lipinski definition) is 3. The lowest BCUT2D eigenvalue weighted by atomic mass is 10.1. The van der Waals surface area contributed by atoms with Crippen molar-refractivity contribution in [2.45, 2.75) is 25.8 Å². The maximum absolute atomic E-state index is 11.9. The van der Waals surface area contributed by atoms with Crippen LogP contribution in [0, 0.1) is 12.3 Å². The van der Waals surface area contributed by atoms with Gasteiger partial charge in [-0.25, -0.2) is 0 Å². The van der Waals surface area contributed by atoms with E-state index in [1.165, 1.54) is 0 Å². The van der Waals surface area contributed by atoms with Crippen LogP contribution in [-0.2, 0) is 4.79 Å². The number of nitrogens with one attached hydrogen (secondary N) is 1. The Morgan fingerprint density at radius 2 is 2.06 bits per heavy atom. The number of likely N-dealkylation sites (N-methyl/N-ethyl adjacent to an activating group) is 1. The summed E-state index contributed by atoms with van der Waals surface area (Å²) < 4.78 is 0. The van der Waals surface area contributed by atoms with Crippen LogP contribution < -0.4 is 5.32 Å². The van der Waals surface area contributed by atoms with Gasteiger partial charge in [0, 0.05) is 38.6 Å². The Morgan fingerprint density at radius 1 is 1.41 bits per heavy atom. The molecule has 4 heteroatoms. The highest BCUT2D eigenvalue weighted by Crippen LogP contribution is 2.00. The molecule has 17 heavy (non-hydrogen) atoms. The van der Waals surface area contributed by atoms with Gasteiger partial charge in [-0.2, -0.15) is 0 Å². The molecule has 1 amide bonds. The van der Waals surface area contributed by atoms with E-state index in [1.807, 2.05) is 4.90 Å². The first-order valence-electron chi connectivity index (χ1n) is 6.30. The number of terminal acetylenes is 1. The van der Waals surface area contributed by atoms with E-state index in [9.17, 15) is 4.79 Å².